The molecule has 1 aliphatic carbocycles. The number of benzene rings is 1. The predicted molar refractivity (Wildman–Crippen MR) is 61.7 cm³/mol. The third kappa shape index (κ3) is 2.90. The monoisotopic (exact) mass is 277 g/mol. The van der Waals surface area contributed by atoms with Crippen LogP contribution in [0.2, 0.25) is 0 Å². The smallest absolute Gasteiger partial charge is 0.391 e. The van der Waals surface area contributed by atoms with Gasteiger partial charge in [-0.1, -0.05) is 12.5 Å². The topological polar surface area (TPSA) is 46.2 Å². The lowest BCUT2D eigenvalue weighted by molar-refractivity contribution is -0.140. The molecule has 106 valence electrons. The zero-order valence-corrected chi connectivity index (χ0v) is 10.1. The van der Waals surface area contributed by atoms with Crippen molar-refractivity contribution in [1.29, 1.82) is 0 Å². The Kier molecular flexibility index (Phi) is 3.82. The van der Waals surface area contributed by atoms with Gasteiger partial charge in [0.25, 0.3) is 0 Å². The number of halogens is 4. The highest BCUT2D eigenvalue weighted by atomic mass is 19.4. The maximum atomic E-state index is 13.4. The highest BCUT2D eigenvalue weighted by Crippen LogP contribution is 2.36. The lowest BCUT2D eigenvalue weighted by Crippen LogP contribution is -2.36. The molecule has 0 aliphatic heterocycles. The van der Waals surface area contributed by atoms with Crippen LogP contribution in [0.3, 0.4) is 0 Å². The maximum absolute atomic E-state index is 13.4. The van der Waals surface area contributed by atoms with Crippen LogP contribution in [0.1, 0.15) is 36.4 Å². The Morgan fingerprint density at radius 1 is 1.26 bits per heavy atom. The van der Waals surface area contributed by atoms with Crippen LogP contribution in [0.4, 0.5) is 17.6 Å². The molecule has 1 aliphatic rings. The van der Waals surface area contributed by atoms with E-state index in [1.54, 1.807) is 0 Å². The van der Waals surface area contributed by atoms with E-state index in [2.05, 4.69) is 0 Å². The van der Waals surface area contributed by atoms with Crippen molar-refractivity contribution in [2.45, 2.75) is 37.6 Å². The summed E-state index contributed by atoms with van der Waals surface area (Å²) in [5, 5.41) is 9.94. The van der Waals surface area contributed by atoms with Crippen LogP contribution in [0.5, 0.6) is 0 Å². The summed E-state index contributed by atoms with van der Waals surface area (Å²) in [6.45, 7) is 0. The molecule has 0 amide bonds. The molecule has 0 spiro atoms. The molecule has 19 heavy (non-hydrogen) atoms. The highest BCUT2D eigenvalue weighted by Gasteiger charge is 2.35. The summed E-state index contributed by atoms with van der Waals surface area (Å²) in [5.74, 6) is -1.30. The molecule has 1 saturated carbocycles. The van der Waals surface area contributed by atoms with Crippen molar-refractivity contribution in [3.8, 4) is 0 Å². The Bertz CT molecular complexity index is 456. The lowest BCUT2D eigenvalue weighted by atomic mass is 9.77. The van der Waals surface area contributed by atoms with E-state index >= 15 is 0 Å². The van der Waals surface area contributed by atoms with E-state index in [1.807, 2.05) is 0 Å². The second-order valence-corrected chi connectivity index (χ2v) is 4.94. The minimum absolute atomic E-state index is 0.0559. The van der Waals surface area contributed by atoms with Crippen molar-refractivity contribution in [1.82, 2.24) is 0 Å². The first-order valence-corrected chi connectivity index (χ1v) is 6.11. The van der Waals surface area contributed by atoms with E-state index in [1.165, 1.54) is 0 Å². The Labute approximate surface area is 108 Å². The molecular formula is C13H15F4NO. The van der Waals surface area contributed by atoms with E-state index in [9.17, 15) is 22.7 Å². The minimum Gasteiger partial charge on any atom is -0.391 e. The third-order valence-electron chi connectivity index (χ3n) is 3.68. The van der Waals surface area contributed by atoms with Crippen LogP contribution in [0, 0.1) is 11.7 Å². The van der Waals surface area contributed by atoms with Crippen molar-refractivity contribution >= 4 is 0 Å². The molecule has 0 heterocycles. The van der Waals surface area contributed by atoms with Gasteiger partial charge in [0.15, 0.2) is 0 Å². The number of aliphatic hydroxyl groups excluding tert-OH is 1. The lowest BCUT2D eigenvalue weighted by Gasteiger charge is -2.33. The molecule has 3 N–H and O–H groups in total. The molecular weight excluding hydrogens is 262 g/mol. The first-order chi connectivity index (χ1) is 8.80. The molecule has 1 aromatic rings. The predicted octanol–water partition coefficient (Wildman–Crippen LogP) is 3.01. The van der Waals surface area contributed by atoms with Gasteiger partial charge in [0.05, 0.1) is 17.7 Å². The number of hydrogen-bond donors (Lipinski definition) is 2. The van der Waals surface area contributed by atoms with Gasteiger partial charge in [-0.15, -0.1) is 0 Å². The van der Waals surface area contributed by atoms with E-state index < -0.39 is 29.7 Å². The average molecular weight is 277 g/mol. The molecule has 0 bridgehead atoms. The summed E-state index contributed by atoms with van der Waals surface area (Å²) in [4.78, 5) is 0. The van der Waals surface area contributed by atoms with E-state index in [-0.39, 0.29) is 11.5 Å². The molecule has 1 aromatic carbocycles. The van der Waals surface area contributed by atoms with Crippen molar-refractivity contribution < 1.29 is 22.7 Å². The summed E-state index contributed by atoms with van der Waals surface area (Å²) < 4.78 is 50.6. The first-order valence-electron chi connectivity index (χ1n) is 6.11. The van der Waals surface area contributed by atoms with Gasteiger partial charge in [-0.25, -0.2) is 4.39 Å². The maximum Gasteiger partial charge on any atom is 0.419 e. The van der Waals surface area contributed by atoms with Crippen LogP contribution in [-0.2, 0) is 6.18 Å². The molecule has 0 aromatic heterocycles. The van der Waals surface area contributed by atoms with E-state index in [4.69, 9.17) is 5.73 Å². The number of hydrogen-bond acceptors (Lipinski definition) is 2. The van der Waals surface area contributed by atoms with Crippen LogP contribution in [0.25, 0.3) is 0 Å². The van der Waals surface area contributed by atoms with Gasteiger partial charge in [0.2, 0.25) is 0 Å². The summed E-state index contributed by atoms with van der Waals surface area (Å²) in [6.07, 6.45) is -2.87. The number of alkyl halides is 3. The molecule has 1 fully saturated rings. The second-order valence-electron chi connectivity index (χ2n) is 4.94. The molecule has 2 nitrogen and oxygen atoms in total. The number of rotatable bonds is 3. The molecule has 0 unspecified atom stereocenters. The van der Waals surface area contributed by atoms with Crippen LogP contribution >= 0.6 is 0 Å². The Hall–Kier alpha value is -1.14. The van der Waals surface area contributed by atoms with Crippen molar-refractivity contribution in [3.05, 3.63) is 35.1 Å². The van der Waals surface area contributed by atoms with Gasteiger partial charge in [0.1, 0.15) is 5.82 Å². The molecule has 6 heteroatoms. The zero-order valence-electron chi connectivity index (χ0n) is 10.1. The van der Waals surface area contributed by atoms with Gasteiger partial charge < -0.3 is 10.8 Å². The fourth-order valence-electron chi connectivity index (χ4n) is 2.24. The summed E-state index contributed by atoms with van der Waals surface area (Å²) in [5.41, 5.74) is 4.65. The van der Waals surface area contributed by atoms with Crippen LogP contribution < -0.4 is 5.73 Å². The molecule has 0 saturated heterocycles. The van der Waals surface area contributed by atoms with Gasteiger partial charge in [-0.3, -0.25) is 0 Å². The van der Waals surface area contributed by atoms with Crippen molar-refractivity contribution in [3.63, 3.8) is 0 Å². The zero-order chi connectivity index (χ0) is 14.2. The molecule has 2 atom stereocenters. The second kappa shape index (κ2) is 5.09. The van der Waals surface area contributed by atoms with Gasteiger partial charge in [-0.2, -0.15) is 13.2 Å². The SMILES string of the molecule is N[C@@H](c1ccc(C(F)(F)F)c(F)c1)[C@H](O)C1CCC1. The molecule has 0 radical (unpaired) electrons. The Morgan fingerprint density at radius 3 is 2.32 bits per heavy atom. The Balaban J connectivity index is 2.19. The normalized spacial score (nSPS) is 19.9. The summed E-state index contributed by atoms with van der Waals surface area (Å²) in [6, 6.07) is 1.69. The van der Waals surface area contributed by atoms with Gasteiger partial charge in [-0.05, 0) is 36.5 Å². The molecule has 2 rings (SSSR count). The van der Waals surface area contributed by atoms with Gasteiger partial charge in [0, 0.05) is 0 Å². The van der Waals surface area contributed by atoms with Gasteiger partial charge >= 0.3 is 6.18 Å². The number of nitrogens with two attached hydrogens (primary N) is 1. The van der Waals surface area contributed by atoms with E-state index in [0.29, 0.717) is 6.07 Å². The quantitative estimate of drug-likeness (QED) is 0.834. The highest BCUT2D eigenvalue weighted by molar-refractivity contribution is 5.29. The third-order valence-corrected chi connectivity index (χ3v) is 3.68. The average Bonchev–Trinajstić information content (AvgIpc) is 2.23. The van der Waals surface area contributed by atoms with Crippen LogP contribution in [-0.4, -0.2) is 11.2 Å². The standard InChI is InChI=1S/C13H15F4NO/c14-10-6-8(4-5-9(10)13(15,16)17)11(18)12(19)7-2-1-3-7/h4-7,11-12,19H,1-3,18H2/t11-,12+/m0/s1. The number of aliphatic hydroxyl groups is 1. The van der Waals surface area contributed by atoms with Crippen molar-refractivity contribution in [2.75, 3.05) is 0 Å². The first kappa shape index (κ1) is 14.3. The van der Waals surface area contributed by atoms with Crippen molar-refractivity contribution in [2.24, 2.45) is 11.7 Å². The minimum atomic E-state index is -4.72. The fraction of sp³-hybridized carbons (Fsp3) is 0.538. The summed E-state index contributed by atoms with van der Waals surface area (Å²) >= 11 is 0. The van der Waals surface area contributed by atoms with E-state index in [0.717, 1.165) is 31.4 Å². The fourth-order valence-corrected chi connectivity index (χ4v) is 2.24. The largest absolute Gasteiger partial charge is 0.419 e. The van der Waals surface area contributed by atoms with Crippen LogP contribution in [0.15, 0.2) is 18.2 Å². The Morgan fingerprint density at radius 2 is 1.89 bits per heavy atom. The summed E-state index contributed by atoms with van der Waals surface area (Å²) in [7, 11) is 0.